The van der Waals surface area contributed by atoms with Gasteiger partial charge in [-0.3, -0.25) is 9.59 Å². The van der Waals surface area contributed by atoms with Crippen LogP contribution in [0.1, 0.15) is 21.7 Å². The highest BCUT2D eigenvalue weighted by atomic mass is 32.1. The molecule has 0 spiro atoms. The SMILES string of the molecule is Cc1cc(C(=O)N(C)CCC(=O)O)sc1-c1ccc(F)cc1. The number of nitrogens with zero attached hydrogens (tertiary/aromatic N) is 1. The van der Waals surface area contributed by atoms with Gasteiger partial charge in [0.05, 0.1) is 11.3 Å². The van der Waals surface area contributed by atoms with Crippen LogP contribution in [0, 0.1) is 12.7 Å². The monoisotopic (exact) mass is 321 g/mol. The highest BCUT2D eigenvalue weighted by Crippen LogP contribution is 2.33. The van der Waals surface area contributed by atoms with Crippen LogP contribution >= 0.6 is 11.3 Å². The summed E-state index contributed by atoms with van der Waals surface area (Å²) in [7, 11) is 1.58. The first-order valence-corrected chi connectivity index (χ1v) is 7.53. The number of rotatable bonds is 5. The Morgan fingerprint density at radius 1 is 1.27 bits per heavy atom. The highest BCUT2D eigenvalue weighted by molar-refractivity contribution is 7.17. The lowest BCUT2D eigenvalue weighted by Gasteiger charge is -2.14. The normalized spacial score (nSPS) is 10.5. The van der Waals surface area contributed by atoms with Gasteiger partial charge >= 0.3 is 5.97 Å². The van der Waals surface area contributed by atoms with E-state index in [4.69, 9.17) is 5.11 Å². The van der Waals surface area contributed by atoms with Crippen molar-refractivity contribution < 1.29 is 19.1 Å². The van der Waals surface area contributed by atoms with Crippen molar-refractivity contribution in [2.45, 2.75) is 13.3 Å². The molecule has 22 heavy (non-hydrogen) atoms. The second-order valence-corrected chi connectivity index (χ2v) is 6.05. The van der Waals surface area contributed by atoms with Crippen LogP contribution < -0.4 is 0 Å². The zero-order valence-electron chi connectivity index (χ0n) is 12.3. The number of aryl methyl sites for hydroxylation is 1. The van der Waals surface area contributed by atoms with Crippen LogP contribution in [-0.4, -0.2) is 35.5 Å². The molecule has 0 fully saturated rings. The number of carboxylic acids is 1. The minimum absolute atomic E-state index is 0.0859. The predicted molar refractivity (Wildman–Crippen MR) is 83.7 cm³/mol. The van der Waals surface area contributed by atoms with E-state index in [-0.39, 0.29) is 24.7 Å². The fourth-order valence-electron chi connectivity index (χ4n) is 2.03. The number of amides is 1. The van der Waals surface area contributed by atoms with Crippen LogP contribution in [0.15, 0.2) is 30.3 Å². The van der Waals surface area contributed by atoms with E-state index in [1.807, 2.05) is 6.92 Å². The van der Waals surface area contributed by atoms with Gasteiger partial charge in [0.1, 0.15) is 5.82 Å². The van der Waals surface area contributed by atoms with Gasteiger partial charge in [-0.25, -0.2) is 4.39 Å². The minimum Gasteiger partial charge on any atom is -0.481 e. The maximum Gasteiger partial charge on any atom is 0.305 e. The van der Waals surface area contributed by atoms with E-state index in [0.717, 1.165) is 16.0 Å². The van der Waals surface area contributed by atoms with Crippen molar-refractivity contribution in [3.8, 4) is 10.4 Å². The Morgan fingerprint density at radius 2 is 1.91 bits per heavy atom. The third-order valence-corrected chi connectivity index (χ3v) is 4.52. The molecule has 1 aromatic heterocycles. The van der Waals surface area contributed by atoms with Crippen molar-refractivity contribution in [3.05, 3.63) is 46.6 Å². The second-order valence-electron chi connectivity index (χ2n) is 5.00. The van der Waals surface area contributed by atoms with Crippen molar-refractivity contribution in [3.63, 3.8) is 0 Å². The van der Waals surface area contributed by atoms with Crippen LogP contribution in [0.25, 0.3) is 10.4 Å². The number of carboxylic acid groups (broad SMARTS) is 1. The van der Waals surface area contributed by atoms with Crippen LogP contribution in [-0.2, 0) is 4.79 Å². The molecule has 116 valence electrons. The molecule has 1 heterocycles. The molecule has 0 aliphatic heterocycles. The number of thiophene rings is 1. The summed E-state index contributed by atoms with van der Waals surface area (Å²) in [5, 5.41) is 8.67. The third kappa shape index (κ3) is 3.71. The summed E-state index contributed by atoms with van der Waals surface area (Å²) >= 11 is 1.33. The summed E-state index contributed by atoms with van der Waals surface area (Å²) in [4.78, 5) is 25.7. The maximum atomic E-state index is 13.0. The first-order valence-electron chi connectivity index (χ1n) is 6.72. The summed E-state index contributed by atoms with van der Waals surface area (Å²) < 4.78 is 13.0. The van der Waals surface area contributed by atoms with E-state index >= 15 is 0 Å². The van der Waals surface area contributed by atoms with Crippen LogP contribution in [0.3, 0.4) is 0 Å². The highest BCUT2D eigenvalue weighted by Gasteiger charge is 2.17. The second kappa shape index (κ2) is 6.70. The summed E-state index contributed by atoms with van der Waals surface area (Å²) in [5.41, 5.74) is 1.79. The van der Waals surface area contributed by atoms with Crippen LogP contribution in [0.2, 0.25) is 0 Å². The Morgan fingerprint density at radius 3 is 2.50 bits per heavy atom. The van der Waals surface area contributed by atoms with Crippen molar-refractivity contribution in [2.75, 3.05) is 13.6 Å². The number of hydrogen-bond donors (Lipinski definition) is 1. The Labute approximate surface area is 131 Å². The van der Waals surface area contributed by atoms with E-state index in [9.17, 15) is 14.0 Å². The molecule has 0 radical (unpaired) electrons. The molecule has 2 aromatic rings. The fraction of sp³-hybridized carbons (Fsp3) is 0.250. The molecule has 0 saturated carbocycles. The number of hydrogen-bond acceptors (Lipinski definition) is 3. The Bertz CT molecular complexity index is 694. The van der Waals surface area contributed by atoms with Crippen molar-refractivity contribution in [1.82, 2.24) is 4.90 Å². The minimum atomic E-state index is -0.936. The summed E-state index contributed by atoms with van der Waals surface area (Å²) in [6.45, 7) is 2.06. The van der Waals surface area contributed by atoms with Crippen molar-refractivity contribution in [2.24, 2.45) is 0 Å². The molecule has 6 heteroatoms. The first-order chi connectivity index (χ1) is 10.4. The molecule has 1 amide bonds. The zero-order chi connectivity index (χ0) is 16.3. The van der Waals surface area contributed by atoms with Crippen LogP contribution in [0.4, 0.5) is 4.39 Å². The zero-order valence-corrected chi connectivity index (χ0v) is 13.1. The van der Waals surface area contributed by atoms with Gasteiger partial charge in [0.15, 0.2) is 0 Å². The van der Waals surface area contributed by atoms with Crippen molar-refractivity contribution in [1.29, 1.82) is 0 Å². The number of benzene rings is 1. The van der Waals surface area contributed by atoms with E-state index in [1.54, 1.807) is 25.2 Å². The van der Waals surface area contributed by atoms with E-state index in [1.165, 1.54) is 28.4 Å². The molecule has 4 nitrogen and oxygen atoms in total. The number of carbonyl (C=O) groups is 2. The van der Waals surface area contributed by atoms with Gasteiger partial charge in [-0.2, -0.15) is 0 Å². The Hall–Kier alpha value is -2.21. The lowest BCUT2D eigenvalue weighted by Crippen LogP contribution is -2.28. The summed E-state index contributed by atoms with van der Waals surface area (Å²) in [5.74, 6) is -1.45. The molecule has 1 aromatic carbocycles. The predicted octanol–water partition coefficient (Wildman–Crippen LogP) is 3.41. The lowest BCUT2D eigenvalue weighted by molar-refractivity contribution is -0.137. The maximum absolute atomic E-state index is 13.0. The average Bonchev–Trinajstić information content (AvgIpc) is 2.86. The van der Waals surface area contributed by atoms with Gasteiger partial charge in [-0.05, 0) is 36.2 Å². The molecule has 0 aliphatic rings. The molecule has 0 unspecified atom stereocenters. The molecule has 1 N–H and O–H groups in total. The Balaban J connectivity index is 2.20. The van der Waals surface area contributed by atoms with Crippen LogP contribution in [0.5, 0.6) is 0 Å². The van der Waals surface area contributed by atoms with E-state index in [0.29, 0.717) is 4.88 Å². The van der Waals surface area contributed by atoms with Crippen molar-refractivity contribution >= 4 is 23.2 Å². The fourth-order valence-corrected chi connectivity index (χ4v) is 3.20. The first kappa shape index (κ1) is 16.2. The molecule has 2 rings (SSSR count). The van der Waals surface area contributed by atoms with Gasteiger partial charge in [0.2, 0.25) is 0 Å². The van der Waals surface area contributed by atoms with Gasteiger partial charge < -0.3 is 10.0 Å². The van der Waals surface area contributed by atoms with Gasteiger partial charge in [-0.1, -0.05) is 12.1 Å². The summed E-state index contributed by atoms with van der Waals surface area (Å²) in [6, 6.07) is 7.90. The Kier molecular flexibility index (Phi) is 4.92. The lowest BCUT2D eigenvalue weighted by atomic mass is 10.1. The standard InChI is InChI=1S/C16H16FNO3S/c1-10-9-13(16(21)18(2)8-7-14(19)20)22-15(10)11-3-5-12(17)6-4-11/h3-6,9H,7-8H2,1-2H3,(H,19,20). The van der Waals surface area contributed by atoms with Gasteiger partial charge in [0, 0.05) is 18.5 Å². The number of aliphatic carboxylic acids is 1. The smallest absolute Gasteiger partial charge is 0.305 e. The average molecular weight is 321 g/mol. The molecular formula is C16H16FNO3S. The largest absolute Gasteiger partial charge is 0.481 e. The topological polar surface area (TPSA) is 57.6 Å². The molecule has 0 saturated heterocycles. The quantitative estimate of drug-likeness (QED) is 0.918. The molecular weight excluding hydrogens is 305 g/mol. The molecule has 0 aliphatic carbocycles. The summed E-state index contributed by atoms with van der Waals surface area (Å²) in [6.07, 6.45) is -0.0859. The van der Waals surface area contributed by atoms with Gasteiger partial charge in [-0.15, -0.1) is 11.3 Å². The van der Waals surface area contributed by atoms with E-state index < -0.39 is 5.97 Å². The number of halogens is 1. The molecule has 0 atom stereocenters. The number of carbonyl (C=O) groups excluding carboxylic acids is 1. The molecule has 0 bridgehead atoms. The third-order valence-electron chi connectivity index (χ3n) is 3.24. The van der Waals surface area contributed by atoms with Gasteiger partial charge in [0.25, 0.3) is 5.91 Å². The van der Waals surface area contributed by atoms with E-state index in [2.05, 4.69) is 0 Å².